The van der Waals surface area contributed by atoms with Gasteiger partial charge in [0.1, 0.15) is 17.2 Å². The Morgan fingerprint density at radius 2 is 1.91 bits per heavy atom. The Bertz CT molecular complexity index is 1700. The molecule has 2 aromatic carbocycles. The number of aromatic amines is 1. The van der Waals surface area contributed by atoms with Gasteiger partial charge in [-0.15, -0.1) is 11.3 Å². The maximum Gasteiger partial charge on any atom is 0.346 e. The molecule has 0 unspecified atom stereocenters. The molecule has 0 radical (unpaired) electrons. The summed E-state index contributed by atoms with van der Waals surface area (Å²) in [6.45, 7) is -0.771. The second-order valence-electron chi connectivity index (χ2n) is 6.91. The minimum atomic E-state index is -3.10. The Hall–Kier alpha value is -4.26. The van der Waals surface area contributed by atoms with Crippen molar-refractivity contribution >= 4 is 28.2 Å². The van der Waals surface area contributed by atoms with Crippen LogP contribution in [-0.2, 0) is 6.61 Å². The molecule has 0 amide bonds. The summed E-state index contributed by atoms with van der Waals surface area (Å²) < 4.78 is 80.8. The molecule has 182 valence electrons. The molecule has 4 rings (SSSR count). The van der Waals surface area contributed by atoms with Gasteiger partial charge in [0.25, 0.3) is 5.56 Å². The number of carbonyl (C=O) groups is 1. The summed E-state index contributed by atoms with van der Waals surface area (Å²) in [6, 6.07) is 3.16. The number of nitrogens with zero attached hydrogens (tertiary/aromatic N) is 1. The molecule has 2 aromatic heterocycles. The molecule has 4 aromatic rings. The van der Waals surface area contributed by atoms with Crippen LogP contribution in [0.4, 0.5) is 13.2 Å². The van der Waals surface area contributed by atoms with E-state index in [9.17, 15) is 28.3 Å². The van der Waals surface area contributed by atoms with Crippen molar-refractivity contribution in [3.63, 3.8) is 0 Å². The van der Waals surface area contributed by atoms with Crippen molar-refractivity contribution in [2.75, 3.05) is 14.1 Å². The van der Waals surface area contributed by atoms with Crippen LogP contribution < -0.4 is 25.5 Å². The first-order valence-electron chi connectivity index (χ1n) is 11.0. The zero-order valence-corrected chi connectivity index (χ0v) is 18.3. The number of thiophene rings is 1. The number of fused-ring (bicyclic) bond motifs is 1. The summed E-state index contributed by atoms with van der Waals surface area (Å²) in [4.78, 5) is 39.2. The normalized spacial score (nSPS) is 12.6. The number of nitrogens with one attached hydrogen (secondary N) is 1. The molecule has 13 heteroatoms. The number of ether oxygens (including phenoxy) is 3. The highest BCUT2D eigenvalue weighted by molar-refractivity contribution is 7.13. The predicted molar refractivity (Wildman–Crippen MR) is 119 cm³/mol. The van der Waals surface area contributed by atoms with Crippen molar-refractivity contribution in [3.05, 3.63) is 78.4 Å². The largest absolute Gasteiger partial charge is 0.496 e. The SMILES string of the molecule is [2H]C([2H])([2H])Oc1cc(F)c(-n2c(=O)[nH]c3csc(C(=O)O)c3c2=O)cc1OCc1c(OC)ccc(F)c1F. The molecule has 35 heavy (non-hydrogen) atoms. The van der Waals surface area contributed by atoms with Crippen LogP contribution in [0.2, 0.25) is 0 Å². The Kier molecular flexibility index (Phi) is 5.28. The number of rotatable bonds is 7. The van der Waals surface area contributed by atoms with E-state index < -0.39 is 81.3 Å². The van der Waals surface area contributed by atoms with Gasteiger partial charge in [-0.05, 0) is 12.1 Å². The van der Waals surface area contributed by atoms with Crippen LogP contribution >= 0.6 is 11.3 Å². The number of carboxylic acids is 1. The fourth-order valence-corrected chi connectivity index (χ4v) is 4.18. The van der Waals surface area contributed by atoms with Gasteiger partial charge in [-0.25, -0.2) is 27.3 Å². The van der Waals surface area contributed by atoms with Crippen LogP contribution in [0.3, 0.4) is 0 Å². The van der Waals surface area contributed by atoms with Crippen LogP contribution in [-0.4, -0.2) is 34.8 Å². The standard InChI is InChI=1S/C22H15F3N2O7S/c1-32-14-4-3-10(23)18(25)9(14)7-34-16-6-13(11(24)5-15(16)33-2)27-20(28)17-12(26-22(27)31)8-35-19(17)21(29)30/h3-6,8H,7H2,1-2H3,(H,26,31)(H,29,30)/i2D3. The fourth-order valence-electron chi connectivity index (χ4n) is 3.35. The number of H-pyrrole nitrogens is 1. The summed E-state index contributed by atoms with van der Waals surface area (Å²) in [5.41, 5.74) is -3.61. The van der Waals surface area contributed by atoms with Gasteiger partial charge >= 0.3 is 11.7 Å². The van der Waals surface area contributed by atoms with Crippen molar-refractivity contribution in [1.29, 1.82) is 0 Å². The molecule has 0 aliphatic rings. The summed E-state index contributed by atoms with van der Waals surface area (Å²) >= 11 is 0.664. The summed E-state index contributed by atoms with van der Waals surface area (Å²) in [6.07, 6.45) is 0. The molecule has 0 aliphatic carbocycles. The third kappa shape index (κ3) is 4.10. The van der Waals surface area contributed by atoms with E-state index >= 15 is 4.39 Å². The molecule has 0 bridgehead atoms. The van der Waals surface area contributed by atoms with E-state index in [1.165, 1.54) is 12.5 Å². The zero-order chi connectivity index (χ0) is 27.9. The minimum Gasteiger partial charge on any atom is -0.496 e. The van der Waals surface area contributed by atoms with Crippen LogP contribution in [0.25, 0.3) is 16.6 Å². The molecule has 0 saturated heterocycles. The van der Waals surface area contributed by atoms with E-state index in [0.29, 0.717) is 17.4 Å². The molecular weight excluding hydrogens is 493 g/mol. The van der Waals surface area contributed by atoms with Crippen molar-refractivity contribution in [1.82, 2.24) is 9.55 Å². The lowest BCUT2D eigenvalue weighted by Crippen LogP contribution is -2.34. The first kappa shape index (κ1) is 20.1. The zero-order valence-electron chi connectivity index (χ0n) is 20.5. The highest BCUT2D eigenvalue weighted by Crippen LogP contribution is 2.33. The van der Waals surface area contributed by atoms with E-state index in [4.69, 9.17) is 18.3 Å². The molecule has 0 saturated carbocycles. The number of benzene rings is 2. The molecule has 0 aliphatic heterocycles. The quantitative estimate of drug-likeness (QED) is 0.390. The summed E-state index contributed by atoms with van der Waals surface area (Å²) in [7, 11) is -1.92. The lowest BCUT2D eigenvalue weighted by molar-refractivity contribution is 0.0704. The van der Waals surface area contributed by atoms with E-state index in [1.54, 1.807) is 0 Å². The van der Waals surface area contributed by atoms with Gasteiger partial charge in [-0.2, -0.15) is 0 Å². The van der Waals surface area contributed by atoms with E-state index in [0.717, 1.165) is 18.2 Å². The monoisotopic (exact) mass is 511 g/mol. The van der Waals surface area contributed by atoms with Crippen molar-refractivity contribution < 1.29 is 41.4 Å². The number of halogens is 3. The lowest BCUT2D eigenvalue weighted by atomic mass is 10.2. The molecule has 0 fully saturated rings. The molecule has 9 nitrogen and oxygen atoms in total. The van der Waals surface area contributed by atoms with E-state index in [1.807, 2.05) is 0 Å². The van der Waals surface area contributed by atoms with Crippen LogP contribution in [0.1, 0.15) is 19.3 Å². The van der Waals surface area contributed by atoms with Gasteiger partial charge in [0.05, 0.1) is 40.4 Å². The predicted octanol–water partition coefficient (Wildman–Crippen LogP) is 3.45. The number of hydrogen-bond acceptors (Lipinski definition) is 7. The molecule has 2 N–H and O–H groups in total. The van der Waals surface area contributed by atoms with Crippen molar-refractivity contribution in [3.8, 4) is 22.9 Å². The number of carboxylic acid groups (broad SMARTS) is 1. The lowest BCUT2D eigenvalue weighted by Gasteiger charge is -2.16. The summed E-state index contributed by atoms with van der Waals surface area (Å²) in [5, 5.41) is 10.2. The maximum absolute atomic E-state index is 15.2. The smallest absolute Gasteiger partial charge is 0.346 e. The molecule has 0 atom stereocenters. The van der Waals surface area contributed by atoms with Gasteiger partial charge in [0.15, 0.2) is 29.0 Å². The molecular formula is C22H15F3N2O7S. The second-order valence-corrected chi connectivity index (χ2v) is 7.79. The van der Waals surface area contributed by atoms with E-state index in [2.05, 4.69) is 4.98 Å². The van der Waals surface area contributed by atoms with Crippen LogP contribution in [0.15, 0.2) is 39.2 Å². The number of hydrogen-bond donors (Lipinski definition) is 2. The Labute approximate surface area is 201 Å². The second kappa shape index (κ2) is 9.18. The van der Waals surface area contributed by atoms with Gasteiger partial charge in [0.2, 0.25) is 0 Å². The average molecular weight is 511 g/mol. The average Bonchev–Trinajstić information content (AvgIpc) is 3.25. The van der Waals surface area contributed by atoms with E-state index in [-0.39, 0.29) is 15.8 Å². The Morgan fingerprint density at radius 3 is 2.60 bits per heavy atom. The molecule has 0 spiro atoms. The topological polar surface area (TPSA) is 120 Å². The Morgan fingerprint density at radius 1 is 1.14 bits per heavy atom. The Balaban J connectivity index is 1.90. The van der Waals surface area contributed by atoms with Crippen LogP contribution in [0.5, 0.6) is 17.2 Å². The summed E-state index contributed by atoms with van der Waals surface area (Å²) in [5.74, 6) is -6.75. The highest BCUT2D eigenvalue weighted by Gasteiger charge is 2.23. The first-order chi connectivity index (χ1) is 17.8. The number of aromatic carboxylic acids is 1. The van der Waals surface area contributed by atoms with Gasteiger partial charge in [-0.3, -0.25) is 4.79 Å². The van der Waals surface area contributed by atoms with Crippen molar-refractivity contribution in [2.45, 2.75) is 6.61 Å². The first-order valence-corrected chi connectivity index (χ1v) is 10.4. The van der Waals surface area contributed by atoms with Gasteiger partial charge in [-0.1, -0.05) is 0 Å². The number of aromatic nitrogens is 2. The number of methoxy groups -OCH3 is 2. The third-order valence-corrected chi connectivity index (χ3v) is 5.92. The minimum absolute atomic E-state index is 0.0911. The highest BCUT2D eigenvalue weighted by atomic mass is 32.1. The van der Waals surface area contributed by atoms with Gasteiger partial charge in [0, 0.05) is 17.5 Å². The fraction of sp³-hybridized carbons (Fsp3) is 0.136. The van der Waals surface area contributed by atoms with Gasteiger partial charge < -0.3 is 24.3 Å². The molecule has 2 heterocycles. The third-order valence-electron chi connectivity index (χ3n) is 4.96. The maximum atomic E-state index is 15.2. The van der Waals surface area contributed by atoms with Crippen LogP contribution in [0, 0.1) is 17.5 Å². The van der Waals surface area contributed by atoms with Crippen molar-refractivity contribution in [2.24, 2.45) is 0 Å².